The van der Waals surface area contributed by atoms with Crippen molar-refractivity contribution in [2.75, 3.05) is 0 Å². The third-order valence-corrected chi connectivity index (χ3v) is 10.6. The van der Waals surface area contributed by atoms with Gasteiger partial charge in [0.1, 0.15) is 0 Å². The van der Waals surface area contributed by atoms with Gasteiger partial charge >= 0.3 is 0 Å². The van der Waals surface area contributed by atoms with Gasteiger partial charge in [-0.1, -0.05) is 129 Å². The lowest BCUT2D eigenvalue weighted by molar-refractivity contribution is 0.240. The molecule has 0 aromatic rings. The Morgan fingerprint density at radius 3 is 1.49 bits per heavy atom. The summed E-state index contributed by atoms with van der Waals surface area (Å²) < 4.78 is 0. The molecular formula is C35H28. The number of allylic oxidation sites excluding steroid dienone is 28. The SMILES string of the molecule is CC12C3=CC=CC1=CC=C1C=C(C45C6=CC=CC4=CC=C4C=CC=C(C=C6)C45C)C=C(C=C3)C12C. The molecule has 0 fully saturated rings. The molecule has 8 aliphatic rings. The first-order valence-corrected chi connectivity index (χ1v) is 12.8. The summed E-state index contributed by atoms with van der Waals surface area (Å²) >= 11 is 0. The molecule has 0 aliphatic heterocycles. The second kappa shape index (κ2) is 5.94. The molecule has 0 heterocycles. The second-order valence-electron chi connectivity index (χ2n) is 11.4. The maximum atomic E-state index is 2.54. The Morgan fingerprint density at radius 1 is 0.343 bits per heavy atom. The lowest BCUT2D eigenvalue weighted by Crippen LogP contribution is -2.52. The van der Waals surface area contributed by atoms with E-state index in [-0.39, 0.29) is 21.7 Å². The first kappa shape index (κ1) is 19.6. The van der Waals surface area contributed by atoms with Crippen molar-refractivity contribution < 1.29 is 0 Å². The molecule has 4 unspecified atom stereocenters. The summed E-state index contributed by atoms with van der Waals surface area (Å²) in [6, 6.07) is 0. The standard InChI is InChI=1S/C35H28/c1-32-23-7-4-8-24(32)16-20-30-22-31(21-29(19-15-23)33(30,32)2)35-27-11-6-12-28(35)18-14-26-10-5-9-25(13-17-27)34(26,35)3/h4-22H,1-3H3. The van der Waals surface area contributed by atoms with Crippen molar-refractivity contribution in [1.82, 2.24) is 0 Å². The molecule has 0 nitrogen and oxygen atoms in total. The summed E-state index contributed by atoms with van der Waals surface area (Å²) in [6.07, 6.45) is 44.5. The predicted octanol–water partition coefficient (Wildman–Crippen LogP) is 8.22. The van der Waals surface area contributed by atoms with Crippen molar-refractivity contribution in [2.45, 2.75) is 20.8 Å². The molecule has 8 rings (SSSR count). The Bertz CT molecular complexity index is 1600. The van der Waals surface area contributed by atoms with Crippen LogP contribution in [0.2, 0.25) is 0 Å². The van der Waals surface area contributed by atoms with Crippen molar-refractivity contribution in [3.05, 3.63) is 166 Å². The van der Waals surface area contributed by atoms with Gasteiger partial charge in [-0.15, -0.1) is 0 Å². The van der Waals surface area contributed by atoms with E-state index in [1.165, 1.54) is 50.2 Å². The van der Waals surface area contributed by atoms with Crippen molar-refractivity contribution >= 4 is 0 Å². The highest BCUT2D eigenvalue weighted by molar-refractivity contribution is 5.76. The van der Waals surface area contributed by atoms with Crippen molar-refractivity contribution in [1.29, 1.82) is 0 Å². The normalized spacial score (nSPS) is 40.1. The smallest absolute Gasteiger partial charge is 0.0585 e. The molecule has 0 heteroatoms. The number of hydrogen-bond acceptors (Lipinski definition) is 0. The van der Waals surface area contributed by atoms with Crippen LogP contribution in [0, 0.1) is 21.7 Å². The van der Waals surface area contributed by atoms with Gasteiger partial charge in [-0.05, 0) is 57.1 Å². The van der Waals surface area contributed by atoms with E-state index in [0.29, 0.717) is 0 Å². The summed E-state index contributed by atoms with van der Waals surface area (Å²) in [5, 5.41) is 0. The Kier molecular flexibility index (Phi) is 3.34. The van der Waals surface area contributed by atoms with Crippen LogP contribution in [0.4, 0.5) is 0 Å². The first-order chi connectivity index (χ1) is 16.9. The van der Waals surface area contributed by atoms with Crippen molar-refractivity contribution in [3.8, 4) is 0 Å². The van der Waals surface area contributed by atoms with Crippen molar-refractivity contribution in [3.63, 3.8) is 0 Å². The van der Waals surface area contributed by atoms with Crippen LogP contribution >= 0.6 is 0 Å². The average Bonchev–Trinajstić information content (AvgIpc) is 2.86. The van der Waals surface area contributed by atoms with Crippen LogP contribution in [0.1, 0.15) is 20.8 Å². The minimum Gasteiger partial charge on any atom is -0.0617 e. The van der Waals surface area contributed by atoms with Gasteiger partial charge in [0.05, 0.1) is 5.41 Å². The average molecular weight is 449 g/mol. The van der Waals surface area contributed by atoms with Gasteiger partial charge in [0.2, 0.25) is 0 Å². The summed E-state index contributed by atoms with van der Waals surface area (Å²) in [5.41, 5.74) is 12.1. The van der Waals surface area contributed by atoms with E-state index in [1.807, 2.05) is 0 Å². The second-order valence-corrected chi connectivity index (χ2v) is 11.4. The van der Waals surface area contributed by atoms with E-state index in [1.54, 1.807) is 0 Å². The lowest BCUT2D eigenvalue weighted by atomic mass is 9.41. The quantitative estimate of drug-likeness (QED) is 0.379. The van der Waals surface area contributed by atoms with E-state index in [0.717, 1.165) is 0 Å². The maximum absolute atomic E-state index is 2.54. The van der Waals surface area contributed by atoms with E-state index in [9.17, 15) is 0 Å². The van der Waals surface area contributed by atoms with E-state index < -0.39 is 0 Å². The van der Waals surface area contributed by atoms with Crippen LogP contribution in [-0.2, 0) is 0 Å². The van der Waals surface area contributed by atoms with Crippen LogP contribution in [0.15, 0.2) is 166 Å². The first-order valence-electron chi connectivity index (χ1n) is 12.8. The van der Waals surface area contributed by atoms with E-state index >= 15 is 0 Å². The highest BCUT2D eigenvalue weighted by Crippen LogP contribution is 2.71. The molecule has 0 saturated carbocycles. The van der Waals surface area contributed by atoms with Gasteiger partial charge < -0.3 is 0 Å². The van der Waals surface area contributed by atoms with Crippen LogP contribution < -0.4 is 0 Å². The summed E-state index contributed by atoms with van der Waals surface area (Å²) in [4.78, 5) is 0. The van der Waals surface area contributed by atoms with Crippen molar-refractivity contribution in [2.24, 2.45) is 21.7 Å². The third-order valence-electron chi connectivity index (χ3n) is 10.6. The summed E-state index contributed by atoms with van der Waals surface area (Å²) in [5.74, 6) is 0. The molecule has 0 bridgehead atoms. The fourth-order valence-electron chi connectivity index (χ4n) is 8.42. The predicted molar refractivity (Wildman–Crippen MR) is 145 cm³/mol. The highest BCUT2D eigenvalue weighted by atomic mass is 14.6. The third kappa shape index (κ3) is 1.87. The Hall–Kier alpha value is -3.64. The van der Waals surface area contributed by atoms with Crippen LogP contribution in [0.5, 0.6) is 0 Å². The maximum Gasteiger partial charge on any atom is 0.0585 e. The Morgan fingerprint density at radius 2 is 0.743 bits per heavy atom. The molecule has 8 aliphatic carbocycles. The molecule has 35 heavy (non-hydrogen) atoms. The van der Waals surface area contributed by atoms with Gasteiger partial charge in [-0.2, -0.15) is 0 Å². The van der Waals surface area contributed by atoms with E-state index in [2.05, 4.69) is 136 Å². The number of rotatable bonds is 1. The molecule has 168 valence electrons. The fourth-order valence-corrected chi connectivity index (χ4v) is 8.42. The number of hydrogen-bond donors (Lipinski definition) is 0. The molecule has 0 spiro atoms. The largest absolute Gasteiger partial charge is 0.0617 e. The monoisotopic (exact) mass is 448 g/mol. The van der Waals surface area contributed by atoms with Gasteiger partial charge in [-0.3, -0.25) is 0 Å². The molecule has 4 atom stereocenters. The Balaban J connectivity index is 1.46. The van der Waals surface area contributed by atoms with Crippen LogP contribution in [0.25, 0.3) is 0 Å². The highest BCUT2D eigenvalue weighted by Gasteiger charge is 2.62. The molecule has 0 saturated heterocycles. The molecule has 0 aromatic carbocycles. The van der Waals surface area contributed by atoms with E-state index in [4.69, 9.17) is 0 Å². The zero-order valence-electron chi connectivity index (χ0n) is 20.5. The van der Waals surface area contributed by atoms with Gasteiger partial charge in [-0.25, -0.2) is 0 Å². The van der Waals surface area contributed by atoms with Crippen LogP contribution in [0.3, 0.4) is 0 Å². The molecular weight excluding hydrogens is 420 g/mol. The topological polar surface area (TPSA) is 0 Å². The van der Waals surface area contributed by atoms with Gasteiger partial charge in [0, 0.05) is 16.2 Å². The summed E-state index contributed by atoms with van der Waals surface area (Å²) in [6.45, 7) is 7.36. The van der Waals surface area contributed by atoms with Crippen LogP contribution in [-0.4, -0.2) is 0 Å². The molecule has 0 amide bonds. The van der Waals surface area contributed by atoms with Gasteiger partial charge in [0.25, 0.3) is 0 Å². The molecule has 0 aromatic heterocycles. The minimum absolute atomic E-state index is 0.0486. The fraction of sp³-hybridized carbons (Fsp3) is 0.200. The van der Waals surface area contributed by atoms with Gasteiger partial charge in [0.15, 0.2) is 0 Å². The lowest BCUT2D eigenvalue weighted by Gasteiger charge is -2.60. The minimum atomic E-state index is -0.242. The summed E-state index contributed by atoms with van der Waals surface area (Å²) in [7, 11) is 0. The zero-order valence-corrected chi connectivity index (χ0v) is 20.5. The Labute approximate surface area is 207 Å². The molecule has 0 N–H and O–H groups in total. The zero-order chi connectivity index (χ0) is 23.6. The molecule has 0 radical (unpaired) electrons.